The number of hydrogen-bond donors (Lipinski definition) is 0. The Hall–Kier alpha value is -3.66. The van der Waals surface area contributed by atoms with Gasteiger partial charge in [-0.25, -0.2) is 0 Å². The smallest absolute Gasteiger partial charge is 0.231 e. The van der Waals surface area contributed by atoms with Crippen LogP contribution in [0.15, 0.2) is 60.7 Å². The van der Waals surface area contributed by atoms with Crippen LogP contribution in [0.25, 0.3) is 24.3 Å². The molecule has 0 N–H and O–H groups in total. The summed E-state index contributed by atoms with van der Waals surface area (Å²) in [7, 11) is 0. The van der Waals surface area contributed by atoms with Gasteiger partial charge in [0.05, 0.1) is 0 Å². The van der Waals surface area contributed by atoms with Gasteiger partial charge in [-0.3, -0.25) is 0 Å². The van der Waals surface area contributed by atoms with Crippen molar-refractivity contribution in [3.8, 4) is 23.0 Å². The van der Waals surface area contributed by atoms with Gasteiger partial charge in [-0.05, 0) is 46.5 Å². The van der Waals surface area contributed by atoms with Gasteiger partial charge in [-0.15, -0.1) is 0 Å². The zero-order valence-corrected chi connectivity index (χ0v) is 15.1. The highest BCUT2D eigenvalue weighted by Crippen LogP contribution is 2.34. The zero-order valence-electron chi connectivity index (χ0n) is 15.1. The molecular weight excluding hydrogens is 352 g/mol. The second-order valence-electron chi connectivity index (χ2n) is 6.56. The van der Waals surface area contributed by atoms with Gasteiger partial charge in [0, 0.05) is 0 Å². The topological polar surface area (TPSA) is 36.9 Å². The van der Waals surface area contributed by atoms with Crippen molar-refractivity contribution in [2.24, 2.45) is 0 Å². The number of rotatable bonds is 4. The van der Waals surface area contributed by atoms with Crippen LogP contribution in [0.5, 0.6) is 23.0 Å². The van der Waals surface area contributed by atoms with Crippen LogP contribution in [0.1, 0.15) is 22.3 Å². The lowest BCUT2D eigenvalue weighted by atomic mass is 10.1. The van der Waals surface area contributed by atoms with Crippen LogP contribution in [0.2, 0.25) is 0 Å². The van der Waals surface area contributed by atoms with Gasteiger partial charge in [-0.2, -0.15) is 0 Å². The van der Waals surface area contributed by atoms with Crippen molar-refractivity contribution in [3.05, 3.63) is 82.9 Å². The molecule has 5 rings (SSSR count). The van der Waals surface area contributed by atoms with Gasteiger partial charge < -0.3 is 18.9 Å². The Balaban J connectivity index is 1.26. The van der Waals surface area contributed by atoms with Gasteiger partial charge in [-0.1, -0.05) is 60.7 Å². The molecule has 0 bridgehead atoms. The molecule has 4 heteroatoms. The summed E-state index contributed by atoms with van der Waals surface area (Å²) in [6.07, 6.45) is 8.31. The van der Waals surface area contributed by atoms with Crippen molar-refractivity contribution in [1.82, 2.24) is 0 Å². The summed E-state index contributed by atoms with van der Waals surface area (Å²) in [4.78, 5) is 0. The van der Waals surface area contributed by atoms with Crippen molar-refractivity contribution < 1.29 is 18.9 Å². The molecular formula is C24H18O4. The third-order valence-electron chi connectivity index (χ3n) is 4.67. The van der Waals surface area contributed by atoms with E-state index in [0.717, 1.165) is 45.3 Å². The van der Waals surface area contributed by atoms with Gasteiger partial charge in [0.1, 0.15) is 0 Å². The molecule has 4 nitrogen and oxygen atoms in total. The molecule has 3 aromatic carbocycles. The molecule has 0 amide bonds. The molecule has 2 aliphatic rings. The van der Waals surface area contributed by atoms with E-state index in [-0.39, 0.29) is 0 Å². The number of hydrogen-bond acceptors (Lipinski definition) is 4. The predicted octanol–water partition coefficient (Wildman–Crippen LogP) is 5.48. The van der Waals surface area contributed by atoms with E-state index >= 15 is 0 Å². The van der Waals surface area contributed by atoms with E-state index in [2.05, 4.69) is 48.6 Å². The van der Waals surface area contributed by atoms with E-state index < -0.39 is 0 Å². The molecule has 0 radical (unpaired) electrons. The lowest BCUT2D eigenvalue weighted by molar-refractivity contribution is 0.173. The SMILES string of the molecule is C(=Cc1ccc2c(c1)OCO2)c1ccc(C=Cc2ccc3c(c2)OCO3)cc1. The van der Waals surface area contributed by atoms with Crippen molar-refractivity contribution in [3.63, 3.8) is 0 Å². The van der Waals surface area contributed by atoms with E-state index in [1.165, 1.54) is 0 Å². The number of benzene rings is 3. The quantitative estimate of drug-likeness (QED) is 0.570. The van der Waals surface area contributed by atoms with Crippen molar-refractivity contribution in [2.45, 2.75) is 0 Å². The fourth-order valence-electron chi connectivity index (χ4n) is 3.14. The maximum atomic E-state index is 5.42. The first kappa shape index (κ1) is 16.5. The Morgan fingerprint density at radius 1 is 0.429 bits per heavy atom. The summed E-state index contributed by atoms with van der Waals surface area (Å²) in [6.45, 7) is 0.591. The minimum absolute atomic E-state index is 0.295. The molecule has 0 unspecified atom stereocenters. The summed E-state index contributed by atoms with van der Waals surface area (Å²) in [6, 6.07) is 20.3. The molecule has 0 spiro atoms. The van der Waals surface area contributed by atoms with Crippen molar-refractivity contribution >= 4 is 24.3 Å². The minimum Gasteiger partial charge on any atom is -0.454 e. The first-order valence-corrected chi connectivity index (χ1v) is 9.09. The van der Waals surface area contributed by atoms with Gasteiger partial charge in [0.2, 0.25) is 13.6 Å². The van der Waals surface area contributed by atoms with Gasteiger partial charge >= 0.3 is 0 Å². The van der Waals surface area contributed by atoms with Crippen LogP contribution in [0.3, 0.4) is 0 Å². The van der Waals surface area contributed by atoms with Crippen LogP contribution >= 0.6 is 0 Å². The molecule has 138 valence electrons. The van der Waals surface area contributed by atoms with Gasteiger partial charge in [0.15, 0.2) is 23.0 Å². The molecule has 0 atom stereocenters. The Bertz CT molecular complexity index is 978. The highest BCUT2D eigenvalue weighted by Gasteiger charge is 2.13. The maximum absolute atomic E-state index is 5.42. The standard InChI is InChI=1S/C24H18O4/c1-2-18(6-8-20-10-12-22-24(14-20)28-16-26-22)4-3-17(1)5-7-19-9-11-21-23(13-19)27-15-25-21/h1-14H,15-16H2. The number of ether oxygens (including phenoxy) is 4. The Kier molecular flexibility index (Phi) is 4.22. The molecule has 0 aromatic heterocycles. The Labute approximate surface area is 163 Å². The van der Waals surface area contributed by atoms with Crippen LogP contribution in [0.4, 0.5) is 0 Å². The highest BCUT2D eigenvalue weighted by atomic mass is 16.7. The largest absolute Gasteiger partial charge is 0.454 e. The lowest BCUT2D eigenvalue weighted by Gasteiger charge is -2.00. The van der Waals surface area contributed by atoms with Crippen LogP contribution in [-0.4, -0.2) is 13.6 Å². The van der Waals surface area contributed by atoms with E-state index in [4.69, 9.17) is 18.9 Å². The van der Waals surface area contributed by atoms with Crippen LogP contribution in [-0.2, 0) is 0 Å². The summed E-state index contributed by atoms with van der Waals surface area (Å²) in [5.41, 5.74) is 4.43. The van der Waals surface area contributed by atoms with Crippen molar-refractivity contribution in [1.29, 1.82) is 0 Å². The summed E-state index contributed by atoms with van der Waals surface area (Å²) < 4.78 is 21.5. The summed E-state index contributed by atoms with van der Waals surface area (Å²) in [5, 5.41) is 0. The van der Waals surface area contributed by atoms with E-state index in [1.807, 2.05) is 36.4 Å². The average molecular weight is 370 g/mol. The van der Waals surface area contributed by atoms with Crippen molar-refractivity contribution in [2.75, 3.05) is 13.6 Å². The maximum Gasteiger partial charge on any atom is 0.231 e. The van der Waals surface area contributed by atoms with E-state index in [0.29, 0.717) is 13.6 Å². The van der Waals surface area contributed by atoms with Crippen LogP contribution in [0, 0.1) is 0 Å². The molecule has 0 fully saturated rings. The Morgan fingerprint density at radius 3 is 1.25 bits per heavy atom. The molecule has 28 heavy (non-hydrogen) atoms. The first-order chi connectivity index (χ1) is 13.8. The third-order valence-corrected chi connectivity index (χ3v) is 4.67. The second-order valence-corrected chi connectivity index (χ2v) is 6.56. The third kappa shape index (κ3) is 3.45. The number of fused-ring (bicyclic) bond motifs is 2. The molecule has 3 aromatic rings. The monoisotopic (exact) mass is 370 g/mol. The fraction of sp³-hybridized carbons (Fsp3) is 0.0833. The molecule has 0 aliphatic carbocycles. The summed E-state index contributed by atoms with van der Waals surface area (Å²) >= 11 is 0. The lowest BCUT2D eigenvalue weighted by Crippen LogP contribution is -1.92. The first-order valence-electron chi connectivity index (χ1n) is 9.09. The highest BCUT2D eigenvalue weighted by molar-refractivity contribution is 5.74. The molecule has 2 aliphatic heterocycles. The molecule has 2 heterocycles. The molecule has 0 saturated heterocycles. The van der Waals surface area contributed by atoms with Crippen LogP contribution < -0.4 is 18.9 Å². The van der Waals surface area contributed by atoms with Gasteiger partial charge in [0.25, 0.3) is 0 Å². The zero-order chi connectivity index (χ0) is 18.8. The minimum atomic E-state index is 0.295. The summed E-state index contributed by atoms with van der Waals surface area (Å²) in [5.74, 6) is 3.20. The van der Waals surface area contributed by atoms with E-state index in [9.17, 15) is 0 Å². The predicted molar refractivity (Wildman–Crippen MR) is 109 cm³/mol. The molecule has 0 saturated carbocycles. The average Bonchev–Trinajstić information content (AvgIpc) is 3.39. The van der Waals surface area contributed by atoms with E-state index in [1.54, 1.807) is 0 Å². The second kappa shape index (κ2) is 7.16. The normalized spacial score (nSPS) is 14.3. The Morgan fingerprint density at radius 2 is 0.786 bits per heavy atom. The fourth-order valence-corrected chi connectivity index (χ4v) is 3.14.